The van der Waals surface area contributed by atoms with Crippen molar-refractivity contribution in [3.8, 4) is 0 Å². The van der Waals surface area contributed by atoms with Crippen molar-refractivity contribution >= 4 is 17.8 Å². The number of unbranched alkanes of at least 4 members (excludes halogenated alkanes) is 4. The third kappa shape index (κ3) is 8.50. The molecule has 0 radical (unpaired) electrons. The number of hydrogen-bond donors (Lipinski definition) is 0. The van der Waals surface area contributed by atoms with Crippen molar-refractivity contribution in [1.29, 1.82) is 0 Å². The molecule has 0 aliphatic carbocycles. The number of carbonyl (C=O) groups excluding carboxylic acids is 3. The summed E-state index contributed by atoms with van der Waals surface area (Å²) in [5.74, 6) is -1.74. The molecule has 0 unspecified atom stereocenters. The van der Waals surface area contributed by atoms with Gasteiger partial charge in [0.25, 0.3) is 5.91 Å². The number of rotatable bonds is 8. The molecule has 20 heavy (non-hydrogen) atoms. The summed E-state index contributed by atoms with van der Waals surface area (Å²) in [5, 5.41) is 0.428. The summed E-state index contributed by atoms with van der Waals surface area (Å²) in [5.41, 5.74) is 0. The highest BCUT2D eigenvalue weighted by molar-refractivity contribution is 5.79. The van der Waals surface area contributed by atoms with E-state index in [9.17, 15) is 14.4 Å². The van der Waals surface area contributed by atoms with E-state index in [4.69, 9.17) is 9.68 Å². The first-order valence-corrected chi connectivity index (χ1v) is 7.29. The van der Waals surface area contributed by atoms with E-state index in [1.165, 1.54) is 0 Å². The van der Waals surface area contributed by atoms with Gasteiger partial charge in [-0.05, 0) is 6.42 Å². The van der Waals surface area contributed by atoms with E-state index in [0.29, 0.717) is 11.6 Å². The van der Waals surface area contributed by atoms with E-state index in [1.54, 1.807) is 13.8 Å². The SMILES string of the molecule is CCCCCCCC(=O)N(OC(=O)CC)OC(=O)CC. The van der Waals surface area contributed by atoms with E-state index in [-0.39, 0.29) is 19.3 Å². The molecule has 0 aromatic rings. The predicted octanol–water partition coefficient (Wildman–Crippen LogP) is 2.91. The molecule has 0 saturated carbocycles. The quantitative estimate of drug-likeness (QED) is 0.507. The van der Waals surface area contributed by atoms with Gasteiger partial charge in [0.2, 0.25) is 0 Å². The summed E-state index contributed by atoms with van der Waals surface area (Å²) in [6.45, 7) is 5.30. The van der Waals surface area contributed by atoms with E-state index in [0.717, 1.165) is 25.7 Å². The van der Waals surface area contributed by atoms with E-state index >= 15 is 0 Å². The van der Waals surface area contributed by atoms with Crippen molar-refractivity contribution in [2.24, 2.45) is 0 Å². The van der Waals surface area contributed by atoms with Crippen LogP contribution in [0.3, 0.4) is 0 Å². The molecule has 6 heteroatoms. The fourth-order valence-corrected chi connectivity index (χ4v) is 1.41. The number of nitrogens with zero attached hydrogens (tertiary/aromatic N) is 1. The number of carbonyl (C=O) groups is 3. The molecule has 0 aliphatic rings. The summed E-state index contributed by atoms with van der Waals surface area (Å²) >= 11 is 0. The molecule has 0 atom stereocenters. The summed E-state index contributed by atoms with van der Waals surface area (Å²) in [7, 11) is 0. The van der Waals surface area contributed by atoms with Crippen LogP contribution in [0, 0.1) is 0 Å². The molecule has 0 rings (SSSR count). The maximum atomic E-state index is 11.9. The largest absolute Gasteiger partial charge is 0.336 e. The van der Waals surface area contributed by atoms with Gasteiger partial charge in [0.1, 0.15) is 0 Å². The average molecular weight is 287 g/mol. The van der Waals surface area contributed by atoms with Crippen LogP contribution in [0.1, 0.15) is 72.1 Å². The van der Waals surface area contributed by atoms with Gasteiger partial charge in [-0.2, -0.15) is 0 Å². The van der Waals surface area contributed by atoms with Crippen molar-refractivity contribution < 1.29 is 24.1 Å². The van der Waals surface area contributed by atoms with Crippen molar-refractivity contribution in [3.05, 3.63) is 0 Å². The molecule has 0 fully saturated rings. The Hall–Kier alpha value is -1.59. The van der Waals surface area contributed by atoms with Gasteiger partial charge in [0.05, 0.1) is 0 Å². The molecule has 0 bridgehead atoms. The molecule has 0 N–H and O–H groups in total. The van der Waals surface area contributed by atoms with Gasteiger partial charge in [0, 0.05) is 24.5 Å². The van der Waals surface area contributed by atoms with Crippen LogP contribution in [0.4, 0.5) is 0 Å². The van der Waals surface area contributed by atoms with Crippen LogP contribution in [-0.4, -0.2) is 23.1 Å². The number of amides is 1. The molecule has 0 heterocycles. The first kappa shape index (κ1) is 18.4. The first-order valence-electron chi connectivity index (χ1n) is 7.29. The van der Waals surface area contributed by atoms with Crippen LogP contribution in [0.5, 0.6) is 0 Å². The zero-order valence-electron chi connectivity index (χ0n) is 12.6. The minimum Gasteiger partial charge on any atom is -0.303 e. The second-order valence-electron chi connectivity index (χ2n) is 4.45. The monoisotopic (exact) mass is 287 g/mol. The van der Waals surface area contributed by atoms with Gasteiger partial charge in [-0.25, -0.2) is 9.59 Å². The van der Waals surface area contributed by atoms with E-state index in [2.05, 4.69) is 6.92 Å². The van der Waals surface area contributed by atoms with Crippen LogP contribution >= 0.6 is 0 Å². The molecule has 0 aromatic heterocycles. The van der Waals surface area contributed by atoms with Crippen LogP contribution < -0.4 is 0 Å². The average Bonchev–Trinajstić information content (AvgIpc) is 2.45. The summed E-state index contributed by atoms with van der Waals surface area (Å²) in [4.78, 5) is 43.7. The van der Waals surface area contributed by atoms with Gasteiger partial charge in [0.15, 0.2) is 0 Å². The van der Waals surface area contributed by atoms with Crippen molar-refractivity contribution in [3.63, 3.8) is 0 Å². The molecule has 0 aliphatic heterocycles. The van der Waals surface area contributed by atoms with Gasteiger partial charge < -0.3 is 9.68 Å². The van der Waals surface area contributed by atoms with Crippen molar-refractivity contribution in [2.75, 3.05) is 0 Å². The highest BCUT2D eigenvalue weighted by atomic mass is 17.0. The molecule has 0 spiro atoms. The summed E-state index contributed by atoms with van der Waals surface area (Å²) < 4.78 is 0. The Balaban J connectivity index is 4.25. The van der Waals surface area contributed by atoms with E-state index in [1.807, 2.05) is 0 Å². The van der Waals surface area contributed by atoms with Gasteiger partial charge in [-0.1, -0.05) is 46.5 Å². The normalized spacial score (nSPS) is 9.95. The topological polar surface area (TPSA) is 72.9 Å². The molecule has 1 amide bonds. The van der Waals surface area contributed by atoms with Gasteiger partial charge >= 0.3 is 11.9 Å². The van der Waals surface area contributed by atoms with Crippen LogP contribution in [-0.2, 0) is 24.1 Å². The Labute approximate surface area is 120 Å². The maximum Gasteiger partial charge on any atom is 0.336 e. The highest BCUT2D eigenvalue weighted by Crippen LogP contribution is 2.09. The highest BCUT2D eigenvalue weighted by Gasteiger charge is 2.22. The van der Waals surface area contributed by atoms with Gasteiger partial charge in [-0.15, -0.1) is 0 Å². The Morgan fingerprint density at radius 2 is 1.30 bits per heavy atom. The van der Waals surface area contributed by atoms with Crippen LogP contribution in [0.15, 0.2) is 0 Å². The maximum absolute atomic E-state index is 11.9. The lowest BCUT2D eigenvalue weighted by atomic mass is 10.1. The van der Waals surface area contributed by atoms with Crippen molar-refractivity contribution in [2.45, 2.75) is 72.1 Å². The Kier molecular flexibility index (Phi) is 10.4. The zero-order valence-corrected chi connectivity index (χ0v) is 12.6. The minimum atomic E-state index is -0.617. The van der Waals surface area contributed by atoms with Crippen molar-refractivity contribution in [1.82, 2.24) is 5.23 Å². The van der Waals surface area contributed by atoms with Crippen LogP contribution in [0.2, 0.25) is 0 Å². The summed E-state index contributed by atoms with van der Waals surface area (Å²) in [6.07, 6.45) is 5.33. The molecule has 0 aromatic carbocycles. The molecule has 6 nitrogen and oxygen atoms in total. The Morgan fingerprint density at radius 1 is 0.800 bits per heavy atom. The molecule has 0 saturated heterocycles. The Morgan fingerprint density at radius 3 is 1.75 bits per heavy atom. The fraction of sp³-hybridized carbons (Fsp3) is 0.786. The fourth-order valence-electron chi connectivity index (χ4n) is 1.41. The third-order valence-corrected chi connectivity index (χ3v) is 2.64. The third-order valence-electron chi connectivity index (χ3n) is 2.64. The lowest BCUT2D eigenvalue weighted by Crippen LogP contribution is -2.35. The summed E-state index contributed by atoms with van der Waals surface area (Å²) in [6, 6.07) is 0. The van der Waals surface area contributed by atoms with E-state index < -0.39 is 17.8 Å². The van der Waals surface area contributed by atoms with Crippen LogP contribution in [0.25, 0.3) is 0 Å². The number of hydroxylamine groups is 2. The van der Waals surface area contributed by atoms with Gasteiger partial charge in [-0.3, -0.25) is 4.79 Å². The first-order chi connectivity index (χ1) is 9.54. The Bertz CT molecular complexity index is 299. The second kappa shape index (κ2) is 11.3. The lowest BCUT2D eigenvalue weighted by molar-refractivity contribution is -0.306. The lowest BCUT2D eigenvalue weighted by Gasteiger charge is -2.18. The number of hydrogen-bond acceptors (Lipinski definition) is 5. The molecular formula is C14H25NO5. The standard InChI is InChI=1S/C14H25NO5/c1-4-7-8-9-10-11-12(16)15(19-13(17)5-2)20-14(18)6-3/h4-11H2,1-3H3. The zero-order chi connectivity index (χ0) is 15.4. The molecule has 116 valence electrons. The second-order valence-corrected chi connectivity index (χ2v) is 4.45. The minimum absolute atomic E-state index is 0.101. The predicted molar refractivity (Wildman–Crippen MR) is 73.0 cm³/mol. The smallest absolute Gasteiger partial charge is 0.303 e. The molecular weight excluding hydrogens is 262 g/mol.